The molecule has 0 aliphatic heterocycles. The first kappa shape index (κ1) is 19.4. The highest BCUT2D eigenvalue weighted by Gasteiger charge is 2.20. The van der Waals surface area contributed by atoms with Gasteiger partial charge in [-0.05, 0) is 36.6 Å². The van der Waals surface area contributed by atoms with E-state index >= 15 is 0 Å². The number of benzene rings is 2. The zero-order valence-corrected chi connectivity index (χ0v) is 17.0. The van der Waals surface area contributed by atoms with Gasteiger partial charge in [-0.15, -0.1) is 11.8 Å². The van der Waals surface area contributed by atoms with Gasteiger partial charge < -0.3 is 9.26 Å². The highest BCUT2D eigenvalue weighted by atomic mass is 35.5. The van der Waals surface area contributed by atoms with Crippen LogP contribution in [0.3, 0.4) is 0 Å². The SMILES string of the molecule is CC(OC(=O)CSc1cccc2cccc(Cl)c12)c1nc(-c2cccnc2)no1. The molecule has 8 heteroatoms. The number of esters is 1. The molecular formula is C21H16ClN3O3S. The van der Waals surface area contributed by atoms with Crippen LogP contribution in [0.4, 0.5) is 0 Å². The summed E-state index contributed by atoms with van der Waals surface area (Å²) >= 11 is 7.71. The average Bonchev–Trinajstić information content (AvgIpc) is 3.23. The standard InChI is InChI=1S/C21H16ClN3O3S/c1-13(21-24-20(25-28-21)15-7-4-10-23-11-15)27-18(26)12-29-17-9-3-6-14-5-2-8-16(22)19(14)17/h2-11,13H,12H2,1H3. The van der Waals surface area contributed by atoms with Crippen molar-refractivity contribution in [3.8, 4) is 11.4 Å². The summed E-state index contributed by atoms with van der Waals surface area (Å²) in [5.41, 5.74) is 0.726. The van der Waals surface area contributed by atoms with Crippen LogP contribution >= 0.6 is 23.4 Å². The lowest BCUT2D eigenvalue weighted by Crippen LogP contribution is -2.11. The third kappa shape index (κ3) is 4.41. The molecule has 0 aliphatic carbocycles. The first-order chi connectivity index (χ1) is 14.1. The third-order valence-corrected chi connectivity index (χ3v) is 5.52. The number of pyridine rings is 1. The smallest absolute Gasteiger partial charge is 0.317 e. The predicted octanol–water partition coefficient (Wildman–Crippen LogP) is 5.33. The summed E-state index contributed by atoms with van der Waals surface area (Å²) < 4.78 is 10.7. The quantitative estimate of drug-likeness (QED) is 0.305. The summed E-state index contributed by atoms with van der Waals surface area (Å²) in [5, 5.41) is 6.53. The Morgan fingerprint density at radius 1 is 1.21 bits per heavy atom. The molecule has 0 saturated heterocycles. The van der Waals surface area contributed by atoms with Crippen LogP contribution in [0.15, 0.2) is 70.3 Å². The van der Waals surface area contributed by atoms with Crippen LogP contribution in [0.1, 0.15) is 18.9 Å². The second-order valence-electron chi connectivity index (χ2n) is 6.21. The summed E-state index contributed by atoms with van der Waals surface area (Å²) in [7, 11) is 0. The molecule has 0 fully saturated rings. The Balaban J connectivity index is 1.40. The van der Waals surface area contributed by atoms with E-state index in [1.54, 1.807) is 25.4 Å². The van der Waals surface area contributed by atoms with Crippen molar-refractivity contribution in [1.29, 1.82) is 0 Å². The molecule has 0 aliphatic rings. The molecule has 4 aromatic rings. The van der Waals surface area contributed by atoms with Crippen LogP contribution < -0.4 is 0 Å². The first-order valence-electron chi connectivity index (χ1n) is 8.85. The van der Waals surface area contributed by atoms with E-state index in [9.17, 15) is 4.79 Å². The molecule has 1 unspecified atom stereocenters. The number of ether oxygens (including phenoxy) is 1. The van der Waals surface area contributed by atoms with E-state index in [0.29, 0.717) is 10.8 Å². The van der Waals surface area contributed by atoms with Gasteiger partial charge in [0.05, 0.1) is 5.75 Å². The Labute approximate surface area is 176 Å². The molecular weight excluding hydrogens is 410 g/mol. The summed E-state index contributed by atoms with van der Waals surface area (Å²) in [6, 6.07) is 15.2. The Morgan fingerprint density at radius 3 is 2.83 bits per heavy atom. The van der Waals surface area contributed by atoms with E-state index in [0.717, 1.165) is 21.2 Å². The topological polar surface area (TPSA) is 78.1 Å². The van der Waals surface area contributed by atoms with Gasteiger partial charge in [0.25, 0.3) is 5.89 Å². The molecule has 0 saturated carbocycles. The molecule has 0 radical (unpaired) electrons. The van der Waals surface area contributed by atoms with Crippen LogP contribution in [0, 0.1) is 0 Å². The predicted molar refractivity (Wildman–Crippen MR) is 112 cm³/mol. The maximum absolute atomic E-state index is 12.3. The van der Waals surface area contributed by atoms with E-state index in [-0.39, 0.29) is 17.6 Å². The van der Waals surface area contributed by atoms with Crippen molar-refractivity contribution in [2.45, 2.75) is 17.9 Å². The Hall–Kier alpha value is -2.90. The number of fused-ring (bicyclic) bond motifs is 1. The summed E-state index contributed by atoms with van der Waals surface area (Å²) in [6.07, 6.45) is 2.64. The van der Waals surface area contributed by atoms with Crippen LogP contribution in [-0.2, 0) is 9.53 Å². The van der Waals surface area contributed by atoms with Crippen molar-refractivity contribution in [3.05, 3.63) is 71.8 Å². The molecule has 0 spiro atoms. The average molecular weight is 426 g/mol. The number of carbonyl (C=O) groups excluding carboxylic acids is 1. The van der Waals surface area contributed by atoms with Gasteiger partial charge in [0.15, 0.2) is 6.10 Å². The zero-order valence-electron chi connectivity index (χ0n) is 15.4. The highest BCUT2D eigenvalue weighted by molar-refractivity contribution is 8.00. The third-order valence-electron chi connectivity index (χ3n) is 4.18. The number of hydrogen-bond acceptors (Lipinski definition) is 7. The van der Waals surface area contributed by atoms with Crippen molar-refractivity contribution in [3.63, 3.8) is 0 Å². The summed E-state index contributed by atoms with van der Waals surface area (Å²) in [6.45, 7) is 1.69. The molecule has 2 aromatic carbocycles. The van der Waals surface area contributed by atoms with E-state index < -0.39 is 6.10 Å². The van der Waals surface area contributed by atoms with Gasteiger partial charge in [0.1, 0.15) is 0 Å². The molecule has 1 atom stereocenters. The van der Waals surface area contributed by atoms with Crippen LogP contribution in [0.25, 0.3) is 22.2 Å². The molecule has 0 bridgehead atoms. The molecule has 2 heterocycles. The maximum atomic E-state index is 12.3. The number of aromatic nitrogens is 3. The molecule has 146 valence electrons. The Kier molecular flexibility index (Phi) is 5.78. The van der Waals surface area contributed by atoms with Gasteiger partial charge in [-0.1, -0.05) is 41.0 Å². The van der Waals surface area contributed by atoms with Crippen LogP contribution in [-0.4, -0.2) is 26.8 Å². The molecule has 6 nitrogen and oxygen atoms in total. The van der Waals surface area contributed by atoms with Gasteiger partial charge in [-0.2, -0.15) is 4.98 Å². The molecule has 2 aromatic heterocycles. The van der Waals surface area contributed by atoms with Crippen molar-refractivity contribution in [2.75, 3.05) is 5.75 Å². The maximum Gasteiger partial charge on any atom is 0.317 e. The molecule has 29 heavy (non-hydrogen) atoms. The van der Waals surface area contributed by atoms with Crippen LogP contribution in [0.2, 0.25) is 5.02 Å². The lowest BCUT2D eigenvalue weighted by atomic mass is 10.1. The fourth-order valence-electron chi connectivity index (χ4n) is 2.81. The number of carbonyl (C=O) groups is 1. The Morgan fingerprint density at radius 2 is 2.03 bits per heavy atom. The van der Waals surface area contributed by atoms with Crippen molar-refractivity contribution in [2.24, 2.45) is 0 Å². The van der Waals surface area contributed by atoms with E-state index in [4.69, 9.17) is 20.9 Å². The number of rotatable bonds is 6. The second kappa shape index (κ2) is 8.63. The van der Waals surface area contributed by atoms with E-state index in [1.807, 2.05) is 42.5 Å². The lowest BCUT2D eigenvalue weighted by Gasteiger charge is -2.10. The number of halogens is 1. The van der Waals surface area contributed by atoms with Crippen molar-refractivity contribution in [1.82, 2.24) is 15.1 Å². The monoisotopic (exact) mass is 425 g/mol. The minimum absolute atomic E-state index is 0.137. The lowest BCUT2D eigenvalue weighted by molar-refractivity contribution is -0.146. The molecule has 4 rings (SSSR count). The van der Waals surface area contributed by atoms with Crippen molar-refractivity contribution < 1.29 is 14.1 Å². The van der Waals surface area contributed by atoms with Gasteiger partial charge in [-0.3, -0.25) is 9.78 Å². The molecule has 0 N–H and O–H groups in total. The minimum atomic E-state index is -0.655. The second-order valence-corrected chi connectivity index (χ2v) is 7.64. The van der Waals surface area contributed by atoms with Crippen LogP contribution in [0.5, 0.6) is 0 Å². The van der Waals surface area contributed by atoms with Gasteiger partial charge in [-0.25, -0.2) is 0 Å². The van der Waals surface area contributed by atoms with Gasteiger partial charge >= 0.3 is 5.97 Å². The molecule has 0 amide bonds. The fraction of sp³-hybridized carbons (Fsp3) is 0.143. The minimum Gasteiger partial charge on any atom is -0.452 e. The van der Waals surface area contributed by atoms with Crippen molar-refractivity contribution >= 4 is 40.1 Å². The summed E-state index contributed by atoms with van der Waals surface area (Å²) in [5.74, 6) is 0.386. The van der Waals surface area contributed by atoms with E-state index in [1.165, 1.54) is 11.8 Å². The summed E-state index contributed by atoms with van der Waals surface area (Å²) in [4.78, 5) is 21.6. The van der Waals surface area contributed by atoms with Gasteiger partial charge in [0.2, 0.25) is 5.82 Å². The highest BCUT2D eigenvalue weighted by Crippen LogP contribution is 2.33. The number of nitrogens with zero attached hydrogens (tertiary/aromatic N) is 3. The number of hydrogen-bond donors (Lipinski definition) is 0. The number of thioether (sulfide) groups is 1. The largest absolute Gasteiger partial charge is 0.452 e. The first-order valence-corrected chi connectivity index (χ1v) is 10.2. The Bertz CT molecular complexity index is 1150. The fourth-order valence-corrected chi connectivity index (χ4v) is 4.04. The van der Waals surface area contributed by atoms with E-state index in [2.05, 4.69) is 15.1 Å². The normalized spacial score (nSPS) is 12.1. The van der Waals surface area contributed by atoms with Gasteiger partial charge in [0, 0.05) is 33.3 Å². The zero-order chi connectivity index (χ0) is 20.2.